The van der Waals surface area contributed by atoms with Gasteiger partial charge in [-0.05, 0) is 24.6 Å². The van der Waals surface area contributed by atoms with Crippen molar-refractivity contribution < 1.29 is 4.79 Å². The number of fused-ring (bicyclic) bond motifs is 2. The van der Waals surface area contributed by atoms with Crippen molar-refractivity contribution in [1.29, 1.82) is 0 Å². The van der Waals surface area contributed by atoms with Gasteiger partial charge in [0.2, 0.25) is 5.91 Å². The smallest absolute Gasteiger partial charge is 0.240 e. The molecule has 0 spiro atoms. The summed E-state index contributed by atoms with van der Waals surface area (Å²) in [6.45, 7) is 0.834. The van der Waals surface area contributed by atoms with E-state index >= 15 is 0 Å². The van der Waals surface area contributed by atoms with Crippen LogP contribution < -0.4 is 4.90 Å². The largest absolute Gasteiger partial charge is 0.310 e. The average molecular weight is 240 g/mol. The molecular formula is C11H10ClNOS. The molecule has 3 heterocycles. The molecule has 1 aromatic carbocycles. The molecule has 15 heavy (non-hydrogen) atoms. The summed E-state index contributed by atoms with van der Waals surface area (Å²) >= 11 is 7.72. The maximum Gasteiger partial charge on any atom is 0.240 e. The molecule has 3 fully saturated rings. The van der Waals surface area contributed by atoms with E-state index in [-0.39, 0.29) is 11.2 Å². The maximum atomic E-state index is 11.9. The van der Waals surface area contributed by atoms with Crippen molar-refractivity contribution in [2.75, 3.05) is 11.4 Å². The van der Waals surface area contributed by atoms with Gasteiger partial charge in [0.25, 0.3) is 0 Å². The normalized spacial score (nSPS) is 28.9. The van der Waals surface area contributed by atoms with Gasteiger partial charge >= 0.3 is 0 Å². The molecule has 0 saturated carbocycles. The van der Waals surface area contributed by atoms with E-state index in [2.05, 4.69) is 0 Å². The molecule has 4 heteroatoms. The number of carbonyl (C=O) groups excluding carboxylic acids is 1. The van der Waals surface area contributed by atoms with Crippen LogP contribution in [0.5, 0.6) is 0 Å². The molecule has 4 rings (SSSR count). The van der Waals surface area contributed by atoms with E-state index in [0.29, 0.717) is 10.3 Å². The lowest BCUT2D eigenvalue weighted by molar-refractivity contribution is -0.119. The summed E-state index contributed by atoms with van der Waals surface area (Å²) in [6.07, 6.45) is 1.06. The third-order valence-electron chi connectivity index (χ3n) is 2.88. The quantitative estimate of drug-likeness (QED) is 0.751. The molecule has 0 aliphatic carbocycles. The SMILES string of the molecule is O=C1C2CC(CN1c1cccc(Cl)c1)S2. The summed E-state index contributed by atoms with van der Waals surface area (Å²) in [5.74, 6) is 0.241. The van der Waals surface area contributed by atoms with E-state index in [1.165, 1.54) is 0 Å². The number of hydrogen-bond donors (Lipinski definition) is 0. The highest BCUT2D eigenvalue weighted by molar-refractivity contribution is 8.02. The number of piperidine rings is 1. The molecule has 2 unspecified atom stereocenters. The predicted molar refractivity (Wildman–Crippen MR) is 63.6 cm³/mol. The van der Waals surface area contributed by atoms with E-state index < -0.39 is 0 Å². The van der Waals surface area contributed by atoms with Gasteiger partial charge < -0.3 is 4.90 Å². The van der Waals surface area contributed by atoms with Crippen LogP contribution in [-0.2, 0) is 4.79 Å². The average Bonchev–Trinajstić information content (AvgIpc) is 2.16. The second-order valence-corrected chi connectivity index (χ2v) is 5.86. The number of halogens is 1. The van der Waals surface area contributed by atoms with Crippen molar-refractivity contribution in [2.24, 2.45) is 0 Å². The monoisotopic (exact) mass is 239 g/mol. The highest BCUT2D eigenvalue weighted by Gasteiger charge is 2.44. The van der Waals surface area contributed by atoms with Gasteiger partial charge in [0.15, 0.2) is 0 Å². The molecule has 3 aliphatic heterocycles. The molecule has 3 aliphatic rings. The van der Waals surface area contributed by atoms with Crippen LogP contribution in [-0.4, -0.2) is 23.0 Å². The summed E-state index contributed by atoms with van der Waals surface area (Å²) in [4.78, 5) is 13.8. The van der Waals surface area contributed by atoms with E-state index in [1.54, 1.807) is 11.8 Å². The molecule has 3 saturated heterocycles. The maximum absolute atomic E-state index is 11.9. The van der Waals surface area contributed by atoms with E-state index in [0.717, 1.165) is 18.7 Å². The topological polar surface area (TPSA) is 20.3 Å². The van der Waals surface area contributed by atoms with Gasteiger partial charge in [-0.1, -0.05) is 17.7 Å². The van der Waals surface area contributed by atoms with Crippen LogP contribution in [0, 0.1) is 0 Å². The van der Waals surface area contributed by atoms with Crippen LogP contribution in [0.2, 0.25) is 5.02 Å². The molecular weight excluding hydrogens is 230 g/mol. The first kappa shape index (κ1) is 9.55. The Hall–Kier alpha value is -0.670. The highest BCUT2D eigenvalue weighted by atomic mass is 35.5. The molecule has 78 valence electrons. The van der Waals surface area contributed by atoms with Crippen molar-refractivity contribution in [2.45, 2.75) is 16.9 Å². The van der Waals surface area contributed by atoms with Gasteiger partial charge in [-0.3, -0.25) is 4.79 Å². The standard InChI is InChI=1S/C11H10ClNOS/c12-7-2-1-3-8(4-7)13-6-9-5-10(15-9)11(13)14/h1-4,9-10H,5-6H2. The second kappa shape index (κ2) is 3.42. The summed E-state index contributed by atoms with van der Waals surface area (Å²) in [5.41, 5.74) is 0.933. The zero-order chi connectivity index (χ0) is 10.4. The van der Waals surface area contributed by atoms with E-state index in [1.807, 2.05) is 29.2 Å². The summed E-state index contributed by atoms with van der Waals surface area (Å²) < 4.78 is 0. The van der Waals surface area contributed by atoms with Gasteiger partial charge in [0.05, 0.1) is 5.25 Å². The third-order valence-corrected chi connectivity index (χ3v) is 4.57. The lowest BCUT2D eigenvalue weighted by Crippen LogP contribution is -2.55. The van der Waals surface area contributed by atoms with Crippen LogP contribution in [0.4, 0.5) is 5.69 Å². The van der Waals surface area contributed by atoms with Gasteiger partial charge in [-0.2, -0.15) is 0 Å². The Morgan fingerprint density at radius 1 is 1.47 bits per heavy atom. The Morgan fingerprint density at radius 3 is 2.93 bits per heavy atom. The van der Waals surface area contributed by atoms with Crippen LogP contribution in [0.1, 0.15) is 6.42 Å². The first-order valence-electron chi connectivity index (χ1n) is 4.96. The minimum atomic E-state index is 0.197. The molecule has 0 aromatic heterocycles. The number of anilines is 1. The Kier molecular flexibility index (Phi) is 2.18. The fourth-order valence-corrected chi connectivity index (χ4v) is 3.50. The first-order chi connectivity index (χ1) is 7.24. The number of carbonyl (C=O) groups is 1. The summed E-state index contributed by atoms with van der Waals surface area (Å²) in [6, 6.07) is 7.52. The molecule has 2 nitrogen and oxygen atoms in total. The minimum Gasteiger partial charge on any atom is -0.310 e. The van der Waals surface area contributed by atoms with E-state index in [9.17, 15) is 4.79 Å². The Morgan fingerprint density at radius 2 is 2.27 bits per heavy atom. The second-order valence-electron chi connectivity index (χ2n) is 3.91. The molecule has 2 atom stereocenters. The van der Waals surface area contributed by atoms with Crippen LogP contribution in [0.3, 0.4) is 0 Å². The Bertz CT molecular complexity index is 417. The summed E-state index contributed by atoms with van der Waals surface area (Å²) in [7, 11) is 0. The lowest BCUT2D eigenvalue weighted by Gasteiger charge is -2.45. The molecule has 0 radical (unpaired) electrons. The molecule has 0 N–H and O–H groups in total. The fourth-order valence-electron chi connectivity index (χ4n) is 2.08. The predicted octanol–water partition coefficient (Wildman–Crippen LogP) is 2.56. The van der Waals surface area contributed by atoms with Gasteiger partial charge in [0.1, 0.15) is 0 Å². The summed E-state index contributed by atoms with van der Waals surface area (Å²) in [5, 5.41) is 1.52. The van der Waals surface area contributed by atoms with Crippen molar-refractivity contribution in [1.82, 2.24) is 0 Å². The number of thioether (sulfide) groups is 1. The zero-order valence-electron chi connectivity index (χ0n) is 8.02. The first-order valence-corrected chi connectivity index (χ1v) is 6.28. The van der Waals surface area contributed by atoms with E-state index in [4.69, 9.17) is 11.6 Å². The van der Waals surface area contributed by atoms with Gasteiger partial charge in [-0.25, -0.2) is 0 Å². The molecule has 1 aromatic rings. The Balaban J connectivity index is 1.91. The van der Waals surface area contributed by atoms with Crippen molar-refractivity contribution in [3.05, 3.63) is 29.3 Å². The number of benzene rings is 1. The third kappa shape index (κ3) is 1.54. The number of rotatable bonds is 1. The number of nitrogens with zero attached hydrogens (tertiary/aromatic N) is 1. The van der Waals surface area contributed by atoms with Crippen molar-refractivity contribution in [3.63, 3.8) is 0 Å². The zero-order valence-corrected chi connectivity index (χ0v) is 9.59. The lowest BCUT2D eigenvalue weighted by atomic mass is 10.1. The highest BCUT2D eigenvalue weighted by Crippen LogP contribution is 2.43. The van der Waals surface area contributed by atoms with Crippen molar-refractivity contribution >= 4 is 35.0 Å². The van der Waals surface area contributed by atoms with Crippen LogP contribution >= 0.6 is 23.4 Å². The fraction of sp³-hybridized carbons (Fsp3) is 0.364. The Labute approximate surface area is 97.6 Å². The number of amides is 1. The van der Waals surface area contributed by atoms with Crippen LogP contribution in [0.15, 0.2) is 24.3 Å². The van der Waals surface area contributed by atoms with Crippen molar-refractivity contribution in [3.8, 4) is 0 Å². The van der Waals surface area contributed by atoms with Crippen LogP contribution in [0.25, 0.3) is 0 Å². The van der Waals surface area contributed by atoms with Gasteiger partial charge in [-0.15, -0.1) is 11.8 Å². The van der Waals surface area contributed by atoms with Gasteiger partial charge in [0, 0.05) is 22.5 Å². The molecule has 1 amide bonds. The molecule has 2 bridgehead atoms. The number of hydrogen-bond acceptors (Lipinski definition) is 2. The minimum absolute atomic E-state index is 0.197.